The Labute approximate surface area is 222 Å². The Hall–Kier alpha value is -3.25. The molecule has 0 atom stereocenters. The number of Topliss-reactive ketones (excluding diaryl/α,β-unsaturated/α-hetero) is 1. The van der Waals surface area contributed by atoms with Crippen LogP contribution in [0.1, 0.15) is 47.1 Å². The van der Waals surface area contributed by atoms with Crippen LogP contribution in [0.5, 0.6) is 6.01 Å². The molecule has 3 aromatic rings. The lowest BCUT2D eigenvalue weighted by Crippen LogP contribution is -2.23. The summed E-state index contributed by atoms with van der Waals surface area (Å²) in [6, 6.07) is 12.9. The summed E-state index contributed by atoms with van der Waals surface area (Å²) in [5, 5.41) is 3.79. The van der Waals surface area contributed by atoms with Gasteiger partial charge in [-0.3, -0.25) is 4.79 Å². The summed E-state index contributed by atoms with van der Waals surface area (Å²) < 4.78 is 66.6. The van der Waals surface area contributed by atoms with Gasteiger partial charge in [0, 0.05) is 22.8 Å². The highest BCUT2D eigenvalue weighted by molar-refractivity contribution is 7.92. The van der Waals surface area contributed by atoms with Crippen LogP contribution >= 0.6 is 11.6 Å². The number of nitrogens with zero attached hydrogens (tertiary/aromatic N) is 3. The third-order valence-corrected chi connectivity index (χ3v) is 7.79. The zero-order valence-corrected chi connectivity index (χ0v) is 21.8. The summed E-state index contributed by atoms with van der Waals surface area (Å²) in [6.07, 6.45) is -2.94. The van der Waals surface area contributed by atoms with Crippen molar-refractivity contribution in [1.82, 2.24) is 15.0 Å². The molecule has 0 spiro atoms. The molecule has 0 aliphatic heterocycles. The van der Waals surface area contributed by atoms with E-state index < -0.39 is 45.7 Å². The Morgan fingerprint density at radius 1 is 1.05 bits per heavy atom. The Balaban J connectivity index is 1.55. The smallest absolute Gasteiger partial charge is 0.422 e. The molecule has 0 unspecified atom stereocenters. The van der Waals surface area contributed by atoms with Crippen LogP contribution in [0.25, 0.3) is 0 Å². The van der Waals surface area contributed by atoms with Gasteiger partial charge in [0.25, 0.3) is 0 Å². The number of aromatic nitrogens is 3. The summed E-state index contributed by atoms with van der Waals surface area (Å²) in [5.41, 5.74) is 1.34. The topological polar surface area (TPSA) is 111 Å². The molecule has 1 fully saturated rings. The molecule has 4 rings (SSSR count). The van der Waals surface area contributed by atoms with Crippen molar-refractivity contribution in [2.45, 2.75) is 37.9 Å². The van der Waals surface area contributed by atoms with Gasteiger partial charge in [-0.1, -0.05) is 54.9 Å². The molecular weight excluding hydrogens is 545 g/mol. The third kappa shape index (κ3) is 7.41. The molecule has 0 saturated heterocycles. The van der Waals surface area contributed by atoms with Gasteiger partial charge in [-0.15, -0.1) is 0 Å². The van der Waals surface area contributed by atoms with E-state index in [9.17, 15) is 26.4 Å². The highest BCUT2D eigenvalue weighted by atomic mass is 35.5. The standard InChI is InChI=1S/C25H24ClF3N4O4S/c1-2-38(35,36)14-20(34)17-5-3-16(4-6-17)13-21-30-22(32-23(31-21)37-15-25(27,28)29)33-24(11-12-24)18-7-9-19(26)10-8-18/h3-10H,2,11-15H2,1H3,(H,30,31,32,33). The Morgan fingerprint density at radius 3 is 2.29 bits per heavy atom. The van der Waals surface area contributed by atoms with Crippen LogP contribution in [0, 0.1) is 0 Å². The van der Waals surface area contributed by atoms with Crippen molar-refractivity contribution in [2.75, 3.05) is 23.4 Å². The second-order valence-electron chi connectivity index (χ2n) is 8.95. The Morgan fingerprint density at radius 2 is 1.71 bits per heavy atom. The van der Waals surface area contributed by atoms with Crippen LogP contribution in [0.3, 0.4) is 0 Å². The third-order valence-electron chi connectivity index (χ3n) is 5.95. The van der Waals surface area contributed by atoms with E-state index in [4.69, 9.17) is 16.3 Å². The molecule has 38 heavy (non-hydrogen) atoms. The number of halogens is 4. The average molecular weight is 569 g/mol. The van der Waals surface area contributed by atoms with Crippen LogP contribution in [0.4, 0.5) is 19.1 Å². The van der Waals surface area contributed by atoms with Gasteiger partial charge < -0.3 is 10.1 Å². The predicted molar refractivity (Wildman–Crippen MR) is 135 cm³/mol. The molecule has 1 aliphatic carbocycles. The highest BCUT2D eigenvalue weighted by Crippen LogP contribution is 2.48. The summed E-state index contributed by atoms with van der Waals surface area (Å²) in [7, 11) is -3.47. The predicted octanol–water partition coefficient (Wildman–Crippen LogP) is 4.78. The molecule has 13 heteroatoms. The summed E-state index contributed by atoms with van der Waals surface area (Å²) in [4.78, 5) is 24.7. The number of sulfone groups is 1. The maximum atomic E-state index is 12.8. The van der Waals surface area contributed by atoms with Crippen LogP contribution in [-0.2, 0) is 21.8 Å². The number of hydrogen-bond acceptors (Lipinski definition) is 8. The van der Waals surface area contributed by atoms with Gasteiger partial charge in [-0.05, 0) is 36.1 Å². The van der Waals surface area contributed by atoms with Crippen molar-refractivity contribution in [3.8, 4) is 6.01 Å². The summed E-state index contributed by atoms with van der Waals surface area (Å²) in [5.74, 6) is -1.02. The second-order valence-corrected chi connectivity index (χ2v) is 11.7. The number of carbonyl (C=O) groups is 1. The maximum Gasteiger partial charge on any atom is 0.422 e. The van der Waals surface area contributed by atoms with Crippen molar-refractivity contribution in [3.63, 3.8) is 0 Å². The molecule has 8 nitrogen and oxygen atoms in total. The van der Waals surface area contributed by atoms with Gasteiger partial charge in [0.15, 0.2) is 22.2 Å². The van der Waals surface area contributed by atoms with Gasteiger partial charge in [0.2, 0.25) is 5.95 Å². The Kier molecular flexibility index (Phi) is 7.93. The highest BCUT2D eigenvalue weighted by Gasteiger charge is 2.45. The molecule has 1 saturated carbocycles. The fourth-order valence-electron chi connectivity index (χ4n) is 3.71. The molecule has 202 valence electrons. The number of rotatable bonds is 11. The molecular formula is C25H24ClF3N4O4S. The van der Waals surface area contributed by atoms with E-state index in [0.29, 0.717) is 10.6 Å². The van der Waals surface area contributed by atoms with Crippen molar-refractivity contribution in [2.24, 2.45) is 0 Å². The SMILES string of the molecule is CCS(=O)(=O)CC(=O)c1ccc(Cc2nc(NC3(c4ccc(Cl)cc4)CC3)nc(OCC(F)(F)F)n2)cc1. The fraction of sp³-hybridized carbons (Fsp3) is 0.360. The van der Waals surface area contributed by atoms with Crippen molar-refractivity contribution >= 4 is 33.2 Å². The number of benzene rings is 2. The van der Waals surface area contributed by atoms with E-state index in [1.165, 1.54) is 19.1 Å². The molecule has 1 N–H and O–H groups in total. The largest absolute Gasteiger partial charge is 0.454 e. The van der Waals surface area contributed by atoms with E-state index in [2.05, 4.69) is 20.3 Å². The average Bonchev–Trinajstić information content (AvgIpc) is 3.63. The van der Waals surface area contributed by atoms with E-state index in [-0.39, 0.29) is 29.5 Å². The normalized spacial score (nSPS) is 14.7. The molecule has 0 bridgehead atoms. The minimum atomic E-state index is -4.57. The Bertz CT molecular complexity index is 1410. The van der Waals surface area contributed by atoms with E-state index in [1.54, 1.807) is 24.3 Å². The number of anilines is 1. The van der Waals surface area contributed by atoms with Gasteiger partial charge in [0.1, 0.15) is 11.6 Å². The molecule has 1 aliphatic rings. The second kappa shape index (κ2) is 10.9. The van der Waals surface area contributed by atoms with Gasteiger partial charge in [-0.2, -0.15) is 28.1 Å². The van der Waals surface area contributed by atoms with Gasteiger partial charge in [0.05, 0.1) is 5.54 Å². The molecule has 0 amide bonds. The summed E-state index contributed by atoms with van der Waals surface area (Å²) >= 11 is 5.99. The first-order valence-corrected chi connectivity index (χ1v) is 13.9. The lowest BCUT2D eigenvalue weighted by Gasteiger charge is -2.19. The van der Waals surface area contributed by atoms with Crippen molar-refractivity contribution in [1.29, 1.82) is 0 Å². The summed E-state index contributed by atoms with van der Waals surface area (Å²) in [6.45, 7) is -0.0908. The first-order valence-electron chi connectivity index (χ1n) is 11.7. The lowest BCUT2D eigenvalue weighted by molar-refractivity contribution is -0.154. The monoisotopic (exact) mass is 568 g/mol. The first kappa shape index (κ1) is 27.8. The van der Waals surface area contributed by atoms with Crippen molar-refractivity contribution < 1.29 is 31.1 Å². The zero-order valence-electron chi connectivity index (χ0n) is 20.3. The number of nitrogens with one attached hydrogen (secondary N) is 1. The number of carbonyl (C=O) groups excluding carboxylic acids is 1. The van der Waals surface area contributed by atoms with Crippen LogP contribution < -0.4 is 10.1 Å². The maximum absolute atomic E-state index is 12.8. The lowest BCUT2D eigenvalue weighted by atomic mass is 10.1. The van der Waals surface area contributed by atoms with Crippen LogP contribution in [0.15, 0.2) is 48.5 Å². The molecule has 1 aromatic heterocycles. The quantitative estimate of drug-likeness (QED) is 0.329. The van der Waals surface area contributed by atoms with Crippen molar-refractivity contribution in [3.05, 3.63) is 76.1 Å². The molecule has 1 heterocycles. The number of hydrogen-bond donors (Lipinski definition) is 1. The van der Waals surface area contributed by atoms with Crippen LogP contribution in [0.2, 0.25) is 5.02 Å². The number of ether oxygens (including phenoxy) is 1. The molecule has 0 radical (unpaired) electrons. The van der Waals surface area contributed by atoms with Crippen LogP contribution in [-0.4, -0.2) is 53.4 Å². The fourth-order valence-corrected chi connectivity index (χ4v) is 4.61. The number of ketones is 1. The van der Waals surface area contributed by atoms with E-state index >= 15 is 0 Å². The minimum absolute atomic E-state index is 0.0659. The van der Waals surface area contributed by atoms with Gasteiger partial charge >= 0.3 is 12.2 Å². The molecule has 2 aromatic carbocycles. The number of alkyl halides is 3. The minimum Gasteiger partial charge on any atom is -0.454 e. The van der Waals surface area contributed by atoms with Gasteiger partial charge in [-0.25, -0.2) is 8.42 Å². The first-order chi connectivity index (χ1) is 17.9. The zero-order chi connectivity index (χ0) is 27.6. The van der Waals surface area contributed by atoms with E-state index in [0.717, 1.165) is 18.4 Å². The van der Waals surface area contributed by atoms with E-state index in [1.807, 2.05) is 12.1 Å².